The summed E-state index contributed by atoms with van der Waals surface area (Å²) in [6.45, 7) is 3.97. The van der Waals surface area contributed by atoms with E-state index in [1.165, 1.54) is 24.1 Å². The summed E-state index contributed by atoms with van der Waals surface area (Å²) in [4.78, 5) is 8.21. The molecule has 2 atom stereocenters. The second-order valence-corrected chi connectivity index (χ2v) is 7.93. The molecule has 0 bridgehead atoms. The number of benzene rings is 1. The molecule has 5 rings (SSSR count). The van der Waals surface area contributed by atoms with E-state index in [9.17, 15) is 5.11 Å². The van der Waals surface area contributed by atoms with Crippen LogP contribution in [-0.4, -0.2) is 60.5 Å². The van der Waals surface area contributed by atoms with E-state index >= 15 is 0 Å². The van der Waals surface area contributed by atoms with Crippen molar-refractivity contribution in [3.63, 3.8) is 0 Å². The summed E-state index contributed by atoms with van der Waals surface area (Å²) in [7, 11) is 0. The van der Waals surface area contributed by atoms with Crippen LogP contribution in [0.2, 0.25) is 0 Å². The maximum absolute atomic E-state index is 10.4. The smallest absolute Gasteiger partial charge is 0.245 e. The zero-order valence-corrected chi connectivity index (χ0v) is 16.3. The number of aromatic hydroxyl groups is 1. The van der Waals surface area contributed by atoms with Gasteiger partial charge >= 0.3 is 0 Å². The van der Waals surface area contributed by atoms with Gasteiger partial charge in [-0.3, -0.25) is 0 Å². The van der Waals surface area contributed by atoms with Gasteiger partial charge in [0.2, 0.25) is 5.95 Å². The number of nitrogens with zero attached hydrogens (tertiary/aromatic N) is 7. The van der Waals surface area contributed by atoms with Crippen molar-refractivity contribution in [1.82, 2.24) is 35.5 Å². The first-order valence-corrected chi connectivity index (χ1v) is 10.1. The Bertz CT molecular complexity index is 971. The molecule has 0 spiro atoms. The molecule has 1 aliphatic carbocycles. The number of hydrogen-bond acceptors (Lipinski definition) is 8. The molecule has 2 aromatic heterocycles. The Morgan fingerprint density at radius 1 is 1.10 bits per heavy atom. The van der Waals surface area contributed by atoms with Gasteiger partial charge in [-0.25, -0.2) is 4.98 Å². The first-order chi connectivity index (χ1) is 14.2. The van der Waals surface area contributed by atoms with Crippen molar-refractivity contribution in [2.24, 2.45) is 5.92 Å². The molecule has 2 N–H and O–H groups in total. The van der Waals surface area contributed by atoms with Crippen molar-refractivity contribution in [3.05, 3.63) is 36.8 Å². The summed E-state index contributed by atoms with van der Waals surface area (Å²) in [6.07, 6.45) is 8.80. The van der Waals surface area contributed by atoms with E-state index < -0.39 is 0 Å². The van der Waals surface area contributed by atoms with Crippen LogP contribution in [-0.2, 0) is 0 Å². The molecular weight excluding hydrogens is 368 g/mol. The zero-order valence-electron chi connectivity index (χ0n) is 16.3. The maximum Gasteiger partial charge on any atom is 0.245 e. The third-order valence-corrected chi connectivity index (χ3v) is 5.87. The van der Waals surface area contributed by atoms with Crippen LogP contribution in [0, 0.1) is 5.92 Å². The van der Waals surface area contributed by atoms with Crippen molar-refractivity contribution in [1.29, 1.82) is 0 Å². The van der Waals surface area contributed by atoms with Crippen LogP contribution in [0.1, 0.15) is 26.2 Å². The summed E-state index contributed by atoms with van der Waals surface area (Å²) in [5.41, 5.74) is 1.78. The fraction of sp³-hybridized carbons (Fsp3) is 0.450. The van der Waals surface area contributed by atoms with Gasteiger partial charge in [0.05, 0.1) is 24.3 Å². The van der Waals surface area contributed by atoms with Crippen LogP contribution < -0.4 is 10.2 Å². The number of phenolic OH excluding ortho intramolecular Hbond substituents is 1. The van der Waals surface area contributed by atoms with Crippen LogP contribution in [0.4, 0.5) is 5.95 Å². The molecule has 0 radical (unpaired) electrons. The van der Waals surface area contributed by atoms with E-state index in [0.29, 0.717) is 35.0 Å². The predicted molar refractivity (Wildman–Crippen MR) is 108 cm³/mol. The fourth-order valence-corrected chi connectivity index (χ4v) is 4.15. The van der Waals surface area contributed by atoms with Gasteiger partial charge in [-0.2, -0.15) is 15.0 Å². The Balaban J connectivity index is 1.35. The molecule has 1 aliphatic heterocycles. The maximum atomic E-state index is 10.4. The number of aromatic nitrogens is 6. The van der Waals surface area contributed by atoms with E-state index in [1.54, 1.807) is 30.7 Å². The minimum Gasteiger partial charge on any atom is -0.507 e. The van der Waals surface area contributed by atoms with Crippen LogP contribution in [0.5, 0.6) is 5.75 Å². The van der Waals surface area contributed by atoms with Crippen molar-refractivity contribution in [3.8, 4) is 22.7 Å². The number of hydrogen-bond donors (Lipinski definition) is 2. The highest BCUT2D eigenvalue weighted by Crippen LogP contribution is 2.32. The SMILES string of the molecule is C[C@@H]1CN(c2ncc(-c3ccc(-n4nccn4)cc3O)nn2)CC(C2CCC2)N1. The number of anilines is 1. The molecule has 1 saturated carbocycles. The summed E-state index contributed by atoms with van der Waals surface area (Å²) in [5.74, 6) is 1.49. The third kappa shape index (κ3) is 3.53. The molecule has 9 heteroatoms. The predicted octanol–water partition coefficient (Wildman–Crippen LogP) is 1.79. The van der Waals surface area contributed by atoms with E-state index in [2.05, 4.69) is 42.5 Å². The van der Waals surface area contributed by atoms with Gasteiger partial charge in [0.1, 0.15) is 11.4 Å². The number of rotatable bonds is 4. The Morgan fingerprint density at radius 3 is 2.59 bits per heavy atom. The molecule has 1 aromatic carbocycles. The molecule has 2 aliphatic rings. The van der Waals surface area contributed by atoms with Gasteiger partial charge in [-0.15, -0.1) is 10.2 Å². The van der Waals surface area contributed by atoms with Gasteiger partial charge < -0.3 is 15.3 Å². The lowest BCUT2D eigenvalue weighted by Crippen LogP contribution is -2.59. The standard InChI is InChI=1S/C20H24N8O/c1-13-11-27(12-18(24-13)14-3-2-4-14)20-21-10-17(25-26-20)16-6-5-15(9-19(16)29)28-22-7-8-23-28/h5-10,13-14,18,24,29H,2-4,11-12H2,1H3/t13-,18?/m1/s1. The van der Waals surface area contributed by atoms with Gasteiger partial charge in [0, 0.05) is 36.8 Å². The first kappa shape index (κ1) is 18.0. The summed E-state index contributed by atoms with van der Waals surface area (Å²) in [5, 5.41) is 31.0. The number of phenols is 1. The summed E-state index contributed by atoms with van der Waals surface area (Å²) in [6, 6.07) is 6.09. The van der Waals surface area contributed by atoms with Crippen molar-refractivity contribution in [2.75, 3.05) is 18.0 Å². The zero-order chi connectivity index (χ0) is 19.8. The van der Waals surface area contributed by atoms with Gasteiger partial charge in [0.15, 0.2) is 0 Å². The largest absolute Gasteiger partial charge is 0.507 e. The van der Waals surface area contributed by atoms with E-state index in [-0.39, 0.29) is 5.75 Å². The van der Waals surface area contributed by atoms with E-state index in [0.717, 1.165) is 19.0 Å². The third-order valence-electron chi connectivity index (χ3n) is 5.87. The summed E-state index contributed by atoms with van der Waals surface area (Å²) >= 11 is 0. The molecule has 29 heavy (non-hydrogen) atoms. The summed E-state index contributed by atoms with van der Waals surface area (Å²) < 4.78 is 0. The fourth-order valence-electron chi connectivity index (χ4n) is 4.15. The lowest BCUT2D eigenvalue weighted by Gasteiger charge is -2.43. The lowest BCUT2D eigenvalue weighted by molar-refractivity contribution is 0.202. The van der Waals surface area contributed by atoms with Gasteiger partial charge in [0.25, 0.3) is 0 Å². The quantitative estimate of drug-likeness (QED) is 0.692. The first-order valence-electron chi connectivity index (χ1n) is 10.1. The molecule has 1 saturated heterocycles. The highest BCUT2D eigenvalue weighted by molar-refractivity contribution is 5.67. The number of nitrogens with one attached hydrogen (secondary N) is 1. The molecule has 9 nitrogen and oxygen atoms in total. The highest BCUT2D eigenvalue weighted by atomic mass is 16.3. The monoisotopic (exact) mass is 392 g/mol. The van der Waals surface area contributed by atoms with Crippen LogP contribution in [0.25, 0.3) is 16.9 Å². The highest BCUT2D eigenvalue weighted by Gasteiger charge is 2.34. The number of piperazine rings is 1. The molecular formula is C20H24N8O. The second-order valence-electron chi connectivity index (χ2n) is 7.93. The van der Waals surface area contributed by atoms with E-state index in [1.807, 2.05) is 6.07 Å². The van der Waals surface area contributed by atoms with Crippen LogP contribution >= 0.6 is 0 Å². The minimum atomic E-state index is 0.0875. The molecule has 2 fully saturated rings. The van der Waals surface area contributed by atoms with E-state index in [4.69, 9.17) is 0 Å². The second kappa shape index (κ2) is 7.40. The van der Waals surface area contributed by atoms with Crippen molar-refractivity contribution >= 4 is 5.95 Å². The van der Waals surface area contributed by atoms with Crippen LogP contribution in [0.3, 0.4) is 0 Å². The molecule has 3 heterocycles. The van der Waals surface area contributed by atoms with Gasteiger partial charge in [-0.05, 0) is 37.8 Å². The van der Waals surface area contributed by atoms with Gasteiger partial charge in [-0.1, -0.05) is 6.42 Å². The Morgan fingerprint density at radius 2 is 1.93 bits per heavy atom. The molecule has 1 unspecified atom stereocenters. The Labute approximate surface area is 168 Å². The lowest BCUT2D eigenvalue weighted by atomic mass is 9.78. The average molecular weight is 392 g/mol. The Kier molecular flexibility index (Phi) is 4.59. The topological polar surface area (TPSA) is 105 Å². The molecule has 3 aromatic rings. The molecule has 0 amide bonds. The van der Waals surface area contributed by atoms with Crippen molar-refractivity contribution < 1.29 is 5.11 Å². The Hall–Kier alpha value is -3.07. The molecule has 150 valence electrons. The van der Waals surface area contributed by atoms with Crippen molar-refractivity contribution in [2.45, 2.75) is 38.3 Å². The average Bonchev–Trinajstić information content (AvgIpc) is 3.21. The minimum absolute atomic E-state index is 0.0875. The normalized spacial score (nSPS) is 22.4. The van der Waals surface area contributed by atoms with Crippen LogP contribution in [0.15, 0.2) is 36.8 Å².